The fraction of sp³-hybridized carbons (Fsp3) is 0.655. The van der Waals surface area contributed by atoms with E-state index in [0.29, 0.717) is 35.2 Å². The minimum Gasteiger partial charge on any atom is -0.506 e. The molecule has 3 aliphatic rings. The molecule has 37 heavy (non-hydrogen) atoms. The van der Waals surface area contributed by atoms with E-state index < -0.39 is 0 Å². The van der Waals surface area contributed by atoms with Crippen LogP contribution in [0.4, 0.5) is 10.8 Å². The van der Waals surface area contributed by atoms with E-state index in [1.165, 1.54) is 22.5 Å². The minimum atomic E-state index is -0.292. The number of nitrogens with zero attached hydrogens (tertiary/aromatic N) is 1. The number of nitrogens with one attached hydrogen (secondary N) is 2. The maximum atomic E-state index is 12.5. The van der Waals surface area contributed by atoms with Gasteiger partial charge in [-0.1, -0.05) is 13.0 Å². The van der Waals surface area contributed by atoms with Gasteiger partial charge in [-0.2, -0.15) is 0 Å². The van der Waals surface area contributed by atoms with Crippen LogP contribution in [0.3, 0.4) is 0 Å². The minimum absolute atomic E-state index is 0.0106. The van der Waals surface area contributed by atoms with Crippen LogP contribution in [0.25, 0.3) is 0 Å². The average molecular weight is 528 g/mol. The maximum Gasteiger partial charge on any atom is 0.226 e. The van der Waals surface area contributed by atoms with Crippen molar-refractivity contribution in [2.45, 2.75) is 90.2 Å². The van der Waals surface area contributed by atoms with Gasteiger partial charge in [0.15, 0.2) is 5.13 Å². The average Bonchev–Trinajstić information content (AvgIpc) is 3.39. The van der Waals surface area contributed by atoms with Crippen molar-refractivity contribution >= 4 is 28.1 Å². The fourth-order valence-corrected chi connectivity index (χ4v) is 8.46. The Hall–Kier alpha value is -2.16. The van der Waals surface area contributed by atoms with Gasteiger partial charge in [-0.3, -0.25) is 4.79 Å². The predicted octanol–water partition coefficient (Wildman–Crippen LogP) is 5.20. The van der Waals surface area contributed by atoms with Crippen molar-refractivity contribution < 1.29 is 20.1 Å². The van der Waals surface area contributed by atoms with Crippen LogP contribution in [0.5, 0.6) is 5.75 Å². The quantitative estimate of drug-likeness (QED) is 0.302. The first-order chi connectivity index (χ1) is 17.7. The number of rotatable bonds is 8. The van der Waals surface area contributed by atoms with Gasteiger partial charge < -0.3 is 26.0 Å². The summed E-state index contributed by atoms with van der Waals surface area (Å²) in [6, 6.07) is 3.77. The van der Waals surface area contributed by atoms with Gasteiger partial charge in [0.05, 0.1) is 18.4 Å². The number of aromatic hydroxyl groups is 1. The Bertz CT molecular complexity index is 1140. The van der Waals surface area contributed by atoms with E-state index in [2.05, 4.69) is 28.6 Å². The first-order valence-electron chi connectivity index (χ1n) is 13.8. The summed E-state index contributed by atoms with van der Waals surface area (Å²) >= 11 is 1.49. The molecule has 202 valence electrons. The molecule has 0 bridgehead atoms. The van der Waals surface area contributed by atoms with Crippen LogP contribution in [-0.4, -0.2) is 45.0 Å². The molecule has 2 fully saturated rings. The molecule has 2 aromatic rings. The van der Waals surface area contributed by atoms with E-state index in [-0.39, 0.29) is 35.8 Å². The number of carbonyl (C=O) groups is 1. The Kier molecular flexibility index (Phi) is 7.53. The second-order valence-electron chi connectivity index (χ2n) is 11.9. The molecule has 4 unspecified atom stereocenters. The lowest BCUT2D eigenvalue weighted by Crippen LogP contribution is -2.45. The second-order valence-corrected chi connectivity index (χ2v) is 13.1. The number of fused-ring (bicyclic) bond motifs is 5. The third kappa shape index (κ3) is 5.00. The van der Waals surface area contributed by atoms with Gasteiger partial charge in [-0.05, 0) is 105 Å². The van der Waals surface area contributed by atoms with Crippen LogP contribution in [0, 0.1) is 30.1 Å². The molecule has 0 radical (unpaired) electrons. The number of carbonyl (C=O) groups excluding carboxylic acids is 1. The Morgan fingerprint density at radius 3 is 2.86 bits per heavy atom. The van der Waals surface area contributed by atoms with Crippen LogP contribution in [0.2, 0.25) is 0 Å². The molecule has 7 atom stereocenters. The molecular formula is C29H41N3O4S. The number of anilines is 2. The molecule has 0 spiro atoms. The second kappa shape index (κ2) is 10.5. The molecule has 0 aliphatic heterocycles. The normalized spacial score (nSPS) is 31.2. The van der Waals surface area contributed by atoms with Crippen molar-refractivity contribution in [1.82, 2.24) is 4.98 Å². The zero-order valence-electron chi connectivity index (χ0n) is 22.2. The lowest BCUT2D eigenvalue weighted by molar-refractivity contribution is -0.116. The third-order valence-corrected chi connectivity index (χ3v) is 10.3. The number of hydrogen-bond donors (Lipinski definition) is 5. The monoisotopic (exact) mass is 527 g/mol. The van der Waals surface area contributed by atoms with E-state index in [9.17, 15) is 20.1 Å². The molecule has 1 aromatic carbocycles. The van der Waals surface area contributed by atoms with Crippen molar-refractivity contribution in [2.24, 2.45) is 23.2 Å². The first kappa shape index (κ1) is 26.4. The summed E-state index contributed by atoms with van der Waals surface area (Å²) in [6.45, 7) is 6.20. The number of benzene rings is 1. The number of phenolic OH excluding ortho intramolecular Hbond substituents is 1. The van der Waals surface area contributed by atoms with Gasteiger partial charge in [0.25, 0.3) is 0 Å². The summed E-state index contributed by atoms with van der Waals surface area (Å²) in [7, 11) is 0. The molecule has 1 amide bonds. The van der Waals surface area contributed by atoms with Crippen LogP contribution in [0.15, 0.2) is 18.3 Å². The summed E-state index contributed by atoms with van der Waals surface area (Å²) in [5.74, 6) is 2.01. The van der Waals surface area contributed by atoms with Gasteiger partial charge in [-0.25, -0.2) is 4.98 Å². The van der Waals surface area contributed by atoms with Crippen LogP contribution in [-0.2, 0) is 11.2 Å². The zero-order valence-corrected chi connectivity index (χ0v) is 23.0. The van der Waals surface area contributed by atoms with Crippen molar-refractivity contribution in [3.05, 3.63) is 34.3 Å². The molecule has 1 aromatic heterocycles. The number of aliphatic hydroxyl groups excluding tert-OH is 2. The van der Waals surface area contributed by atoms with Gasteiger partial charge in [0.1, 0.15) is 5.75 Å². The highest BCUT2D eigenvalue weighted by atomic mass is 32.1. The number of hydrogen-bond acceptors (Lipinski definition) is 7. The van der Waals surface area contributed by atoms with Crippen LogP contribution < -0.4 is 10.6 Å². The number of thiazole rings is 1. The molecule has 7 nitrogen and oxygen atoms in total. The third-order valence-electron chi connectivity index (χ3n) is 9.49. The molecule has 0 saturated heterocycles. The summed E-state index contributed by atoms with van der Waals surface area (Å²) in [6.07, 6.45) is 8.51. The van der Waals surface area contributed by atoms with E-state index in [1.807, 2.05) is 13.8 Å². The van der Waals surface area contributed by atoms with E-state index in [4.69, 9.17) is 0 Å². The van der Waals surface area contributed by atoms with E-state index in [1.54, 1.807) is 12.3 Å². The summed E-state index contributed by atoms with van der Waals surface area (Å²) in [5, 5.41) is 38.3. The number of phenols is 1. The molecular weight excluding hydrogens is 486 g/mol. The highest BCUT2D eigenvalue weighted by Gasteiger charge is 2.58. The maximum absolute atomic E-state index is 12.5. The smallest absolute Gasteiger partial charge is 0.226 e. The number of aliphatic hydroxyl groups is 2. The largest absolute Gasteiger partial charge is 0.506 e. The molecule has 3 aliphatic carbocycles. The SMILES string of the molecule is Cc1cnc(NC(=O)CCC[C@@H]2C[C@H](O)[C@@]3(C)CCC4c5ccc(O)c(NC(C)CO)c5CCC4C23)s1. The molecule has 2 saturated carbocycles. The number of aryl methyl sites for hydroxylation is 1. The molecule has 8 heteroatoms. The zero-order chi connectivity index (χ0) is 26.3. The van der Waals surface area contributed by atoms with Crippen molar-refractivity contribution in [3.63, 3.8) is 0 Å². The lowest BCUT2D eigenvalue weighted by atomic mass is 9.53. The lowest BCUT2D eigenvalue weighted by Gasteiger charge is -2.51. The van der Waals surface area contributed by atoms with Gasteiger partial charge >= 0.3 is 0 Å². The van der Waals surface area contributed by atoms with E-state index >= 15 is 0 Å². The van der Waals surface area contributed by atoms with Gasteiger partial charge in [0.2, 0.25) is 5.91 Å². The first-order valence-corrected chi connectivity index (χ1v) is 14.7. The van der Waals surface area contributed by atoms with Gasteiger partial charge in [0, 0.05) is 23.5 Å². The van der Waals surface area contributed by atoms with Crippen molar-refractivity contribution in [3.8, 4) is 5.75 Å². The Morgan fingerprint density at radius 2 is 2.14 bits per heavy atom. The molecule has 5 rings (SSSR count). The van der Waals surface area contributed by atoms with E-state index in [0.717, 1.165) is 55.5 Å². The van der Waals surface area contributed by atoms with Crippen LogP contribution >= 0.6 is 11.3 Å². The van der Waals surface area contributed by atoms with Crippen molar-refractivity contribution in [1.29, 1.82) is 0 Å². The number of amides is 1. The Morgan fingerprint density at radius 1 is 1.32 bits per heavy atom. The predicted molar refractivity (Wildman–Crippen MR) is 147 cm³/mol. The molecule has 1 heterocycles. The summed E-state index contributed by atoms with van der Waals surface area (Å²) < 4.78 is 0. The summed E-state index contributed by atoms with van der Waals surface area (Å²) in [5.41, 5.74) is 3.21. The molecule has 5 N–H and O–H groups in total. The highest BCUT2D eigenvalue weighted by Crippen LogP contribution is 2.64. The fourth-order valence-electron chi connectivity index (χ4n) is 7.78. The Labute approximate surface area is 223 Å². The van der Waals surface area contributed by atoms with Crippen LogP contribution in [0.1, 0.15) is 80.7 Å². The van der Waals surface area contributed by atoms with Crippen molar-refractivity contribution in [2.75, 3.05) is 17.2 Å². The topological polar surface area (TPSA) is 115 Å². The number of aromatic nitrogens is 1. The highest BCUT2D eigenvalue weighted by molar-refractivity contribution is 7.15. The standard InChI is InChI=1S/C29H41N3O4S/c1-16(15-33)31-27-22-8-7-21-20(19(22)9-10-23(27)34)11-12-29(3)24(35)13-18(26(21)29)5-4-6-25(36)32-28-30-14-17(2)37-28/h9-10,14,16,18,20-21,24,26,31,33-35H,4-8,11-13,15H2,1-3H3,(H,30,32,36)/t16?,18-,20?,21?,24+,26?,29-/m1/s1. The van der Waals surface area contributed by atoms with Gasteiger partial charge in [-0.15, -0.1) is 11.3 Å². The summed E-state index contributed by atoms with van der Waals surface area (Å²) in [4.78, 5) is 17.8. The Balaban J connectivity index is 1.30.